The fourth-order valence-corrected chi connectivity index (χ4v) is 3.06. The molecule has 0 aromatic heterocycles. The Morgan fingerprint density at radius 3 is 2.18 bits per heavy atom. The van der Waals surface area contributed by atoms with E-state index in [4.69, 9.17) is 5.11 Å². The van der Waals surface area contributed by atoms with Crippen LogP contribution < -0.4 is 4.72 Å². The van der Waals surface area contributed by atoms with Gasteiger partial charge < -0.3 is 5.11 Å². The quantitative estimate of drug-likeness (QED) is 0.680. The van der Waals surface area contributed by atoms with E-state index in [9.17, 15) is 13.2 Å². The Balaban J connectivity index is 4.57. The Morgan fingerprint density at radius 2 is 1.82 bits per heavy atom. The van der Waals surface area contributed by atoms with Gasteiger partial charge in [-0.15, -0.1) is 0 Å². The maximum Gasteiger partial charge on any atom is 0.303 e. The first kappa shape index (κ1) is 16.3. The summed E-state index contributed by atoms with van der Waals surface area (Å²) in [5.41, 5.74) is 0. The van der Waals surface area contributed by atoms with E-state index in [-0.39, 0.29) is 25.0 Å². The molecule has 0 unspecified atom stereocenters. The van der Waals surface area contributed by atoms with Gasteiger partial charge in [0, 0.05) is 25.0 Å². The third-order valence-corrected chi connectivity index (χ3v) is 4.03. The molecule has 0 aliphatic rings. The van der Waals surface area contributed by atoms with Gasteiger partial charge in [-0.05, 0) is 34.1 Å². The van der Waals surface area contributed by atoms with Crippen molar-refractivity contribution in [3.63, 3.8) is 0 Å². The molecule has 2 N–H and O–H groups in total. The van der Waals surface area contributed by atoms with Crippen LogP contribution >= 0.6 is 0 Å². The fraction of sp³-hybridized carbons (Fsp3) is 0.900. The zero-order valence-corrected chi connectivity index (χ0v) is 11.6. The molecular formula is C10H22N2O4S. The molecule has 0 aromatic rings. The summed E-state index contributed by atoms with van der Waals surface area (Å²) >= 11 is 0. The summed E-state index contributed by atoms with van der Waals surface area (Å²) in [5.74, 6) is -0.914. The zero-order chi connectivity index (χ0) is 13.6. The van der Waals surface area contributed by atoms with Crippen molar-refractivity contribution < 1.29 is 18.3 Å². The Morgan fingerprint density at radius 1 is 1.29 bits per heavy atom. The van der Waals surface area contributed by atoms with Crippen molar-refractivity contribution in [1.82, 2.24) is 9.03 Å². The molecule has 0 rings (SSSR count). The fourth-order valence-electron chi connectivity index (χ4n) is 1.41. The van der Waals surface area contributed by atoms with E-state index in [0.29, 0.717) is 6.42 Å². The molecule has 0 aliphatic heterocycles. The highest BCUT2D eigenvalue weighted by Gasteiger charge is 2.24. The van der Waals surface area contributed by atoms with Crippen molar-refractivity contribution in [3.8, 4) is 0 Å². The molecule has 0 saturated carbocycles. The second-order valence-corrected chi connectivity index (χ2v) is 6.13. The molecule has 0 amide bonds. The van der Waals surface area contributed by atoms with Crippen LogP contribution in [0, 0.1) is 0 Å². The van der Waals surface area contributed by atoms with Crippen LogP contribution in [0.25, 0.3) is 0 Å². The first-order valence-corrected chi connectivity index (χ1v) is 7.11. The second-order valence-electron chi connectivity index (χ2n) is 4.48. The Kier molecular flexibility index (Phi) is 6.66. The second kappa shape index (κ2) is 6.93. The topological polar surface area (TPSA) is 86.7 Å². The van der Waals surface area contributed by atoms with Crippen molar-refractivity contribution in [2.24, 2.45) is 0 Å². The van der Waals surface area contributed by atoms with E-state index in [0.717, 1.165) is 0 Å². The lowest BCUT2D eigenvalue weighted by Gasteiger charge is -2.26. The van der Waals surface area contributed by atoms with Gasteiger partial charge in [-0.1, -0.05) is 0 Å². The molecule has 7 heteroatoms. The van der Waals surface area contributed by atoms with Crippen LogP contribution in [-0.2, 0) is 15.0 Å². The molecule has 6 nitrogen and oxygen atoms in total. The van der Waals surface area contributed by atoms with E-state index in [1.54, 1.807) is 27.7 Å². The number of carboxylic acid groups (broad SMARTS) is 1. The maximum atomic E-state index is 11.9. The molecule has 0 fully saturated rings. The summed E-state index contributed by atoms with van der Waals surface area (Å²) in [6, 6.07) is -0.374. The number of aliphatic carboxylic acids is 1. The van der Waals surface area contributed by atoms with Crippen molar-refractivity contribution in [2.75, 3.05) is 6.54 Å². The number of carboxylic acids is 1. The largest absolute Gasteiger partial charge is 0.481 e. The monoisotopic (exact) mass is 266 g/mol. The van der Waals surface area contributed by atoms with Crippen molar-refractivity contribution in [3.05, 3.63) is 0 Å². The van der Waals surface area contributed by atoms with Gasteiger partial charge in [0.25, 0.3) is 10.2 Å². The van der Waals surface area contributed by atoms with Gasteiger partial charge in [0.2, 0.25) is 0 Å². The van der Waals surface area contributed by atoms with Crippen LogP contribution in [0.5, 0.6) is 0 Å². The standard InChI is InChI=1S/C10H22N2O4S/c1-8(2)11-17(15,16)12(9(3)4)7-5-6-10(13)14/h8-9,11H,5-7H2,1-4H3,(H,13,14). The number of hydrogen-bond acceptors (Lipinski definition) is 3. The van der Waals surface area contributed by atoms with Crippen LogP contribution in [0.2, 0.25) is 0 Å². The summed E-state index contributed by atoms with van der Waals surface area (Å²) < 4.78 is 27.6. The van der Waals surface area contributed by atoms with E-state index in [1.165, 1.54) is 4.31 Å². The van der Waals surface area contributed by atoms with Gasteiger partial charge in [0.05, 0.1) is 0 Å². The first-order valence-electron chi connectivity index (χ1n) is 5.67. The minimum atomic E-state index is -3.53. The highest BCUT2D eigenvalue weighted by molar-refractivity contribution is 7.87. The van der Waals surface area contributed by atoms with Crippen molar-refractivity contribution in [1.29, 1.82) is 0 Å². The van der Waals surface area contributed by atoms with Gasteiger partial charge in [0.15, 0.2) is 0 Å². The number of rotatable bonds is 8. The van der Waals surface area contributed by atoms with Gasteiger partial charge in [-0.3, -0.25) is 4.79 Å². The smallest absolute Gasteiger partial charge is 0.303 e. The molecule has 0 bridgehead atoms. The molecule has 0 aromatic carbocycles. The molecule has 0 saturated heterocycles. The zero-order valence-electron chi connectivity index (χ0n) is 10.8. The predicted octanol–water partition coefficient (Wildman–Crippen LogP) is 0.804. The van der Waals surface area contributed by atoms with Crippen molar-refractivity contribution >= 4 is 16.2 Å². The predicted molar refractivity (Wildman–Crippen MR) is 65.9 cm³/mol. The minimum absolute atomic E-state index is 0.0274. The SMILES string of the molecule is CC(C)NS(=O)(=O)N(CCCC(=O)O)C(C)C. The molecule has 0 radical (unpaired) electrons. The Hall–Kier alpha value is -0.660. The summed E-state index contributed by atoms with van der Waals surface area (Å²) in [6.07, 6.45) is 0.285. The average Bonchev–Trinajstić information content (AvgIpc) is 2.08. The van der Waals surface area contributed by atoms with Gasteiger partial charge in [0.1, 0.15) is 0 Å². The molecule has 0 atom stereocenters. The number of nitrogens with zero attached hydrogens (tertiary/aromatic N) is 1. The maximum absolute atomic E-state index is 11.9. The lowest BCUT2D eigenvalue weighted by atomic mass is 10.3. The summed E-state index contributed by atoms with van der Waals surface area (Å²) in [4.78, 5) is 10.4. The number of carbonyl (C=O) groups is 1. The lowest BCUT2D eigenvalue weighted by Crippen LogP contribution is -2.47. The van der Waals surface area contributed by atoms with Gasteiger partial charge in [-0.2, -0.15) is 17.4 Å². The Labute approximate surface area is 103 Å². The van der Waals surface area contributed by atoms with E-state index in [1.807, 2.05) is 0 Å². The molecule has 0 heterocycles. The Bertz CT molecular complexity index is 338. The van der Waals surface area contributed by atoms with Gasteiger partial charge in [-0.25, -0.2) is 0 Å². The average molecular weight is 266 g/mol. The van der Waals surface area contributed by atoms with Crippen LogP contribution in [0.1, 0.15) is 40.5 Å². The highest BCUT2D eigenvalue weighted by atomic mass is 32.2. The summed E-state index contributed by atoms with van der Waals surface area (Å²) in [5, 5.41) is 8.53. The molecule has 102 valence electrons. The van der Waals surface area contributed by atoms with E-state index >= 15 is 0 Å². The molecule has 0 aliphatic carbocycles. The minimum Gasteiger partial charge on any atom is -0.481 e. The van der Waals surface area contributed by atoms with Crippen LogP contribution in [0.3, 0.4) is 0 Å². The summed E-state index contributed by atoms with van der Waals surface area (Å²) in [6.45, 7) is 7.23. The highest BCUT2D eigenvalue weighted by Crippen LogP contribution is 2.08. The first-order chi connectivity index (χ1) is 7.66. The van der Waals surface area contributed by atoms with Gasteiger partial charge >= 0.3 is 5.97 Å². The third kappa shape index (κ3) is 6.60. The number of nitrogens with one attached hydrogen (secondary N) is 1. The molecular weight excluding hydrogens is 244 g/mol. The van der Waals surface area contributed by atoms with Crippen LogP contribution in [0.4, 0.5) is 0 Å². The molecule has 17 heavy (non-hydrogen) atoms. The lowest BCUT2D eigenvalue weighted by molar-refractivity contribution is -0.137. The molecule has 0 spiro atoms. The van der Waals surface area contributed by atoms with Crippen molar-refractivity contribution in [2.45, 2.75) is 52.6 Å². The summed E-state index contributed by atoms with van der Waals surface area (Å²) in [7, 11) is -3.53. The number of hydrogen-bond donors (Lipinski definition) is 2. The van der Waals surface area contributed by atoms with Crippen LogP contribution in [0.15, 0.2) is 0 Å². The normalized spacial score (nSPS) is 12.6. The van der Waals surface area contributed by atoms with E-state index < -0.39 is 16.2 Å². The third-order valence-electron chi connectivity index (χ3n) is 2.04. The van der Waals surface area contributed by atoms with E-state index in [2.05, 4.69) is 4.72 Å². The van der Waals surface area contributed by atoms with Crippen LogP contribution in [-0.4, -0.2) is 42.4 Å².